The van der Waals surface area contributed by atoms with Crippen molar-refractivity contribution in [3.8, 4) is 0 Å². The van der Waals surface area contributed by atoms with Gasteiger partial charge in [-0.2, -0.15) is 13.2 Å². The first-order valence-electron chi connectivity index (χ1n) is 5.26. The number of nitrogens with zero attached hydrogens (tertiary/aromatic N) is 2. The lowest BCUT2D eigenvalue weighted by Gasteiger charge is -2.26. The van der Waals surface area contributed by atoms with Crippen molar-refractivity contribution < 1.29 is 13.2 Å². The first-order chi connectivity index (χ1) is 8.07. The van der Waals surface area contributed by atoms with Crippen molar-refractivity contribution in [2.75, 3.05) is 4.90 Å². The van der Waals surface area contributed by atoms with Gasteiger partial charge in [-0.1, -0.05) is 6.07 Å². The van der Waals surface area contributed by atoms with E-state index in [-0.39, 0.29) is 4.90 Å². The zero-order valence-corrected chi connectivity index (χ0v) is 9.55. The third-order valence-electron chi connectivity index (χ3n) is 2.83. The SMILES string of the molecule is FC(F)(F)c1cccc2c1SN=CN2C1CC1. The van der Waals surface area contributed by atoms with Crippen molar-refractivity contribution >= 4 is 24.0 Å². The normalized spacial score (nSPS) is 19.4. The zero-order chi connectivity index (χ0) is 12.0. The van der Waals surface area contributed by atoms with Gasteiger partial charge in [0.05, 0.1) is 16.1 Å². The lowest BCUT2D eigenvalue weighted by Crippen LogP contribution is -2.26. The van der Waals surface area contributed by atoms with Gasteiger partial charge >= 0.3 is 6.18 Å². The van der Waals surface area contributed by atoms with Crippen LogP contribution in [0.5, 0.6) is 0 Å². The van der Waals surface area contributed by atoms with Crippen LogP contribution in [0.25, 0.3) is 0 Å². The topological polar surface area (TPSA) is 15.6 Å². The molecule has 0 radical (unpaired) electrons. The molecule has 2 aliphatic rings. The number of fused-ring (bicyclic) bond motifs is 1. The molecule has 1 aromatic carbocycles. The predicted octanol–water partition coefficient (Wildman–Crippen LogP) is 3.72. The quantitative estimate of drug-likeness (QED) is 0.713. The van der Waals surface area contributed by atoms with Gasteiger partial charge in [0.25, 0.3) is 0 Å². The van der Waals surface area contributed by atoms with E-state index < -0.39 is 11.7 Å². The van der Waals surface area contributed by atoms with E-state index in [4.69, 9.17) is 0 Å². The van der Waals surface area contributed by atoms with E-state index in [9.17, 15) is 13.2 Å². The van der Waals surface area contributed by atoms with Gasteiger partial charge in [-0.3, -0.25) is 0 Å². The maximum Gasteiger partial charge on any atom is 0.417 e. The van der Waals surface area contributed by atoms with Gasteiger partial charge in [-0.25, -0.2) is 4.40 Å². The second-order valence-electron chi connectivity index (χ2n) is 4.10. The first kappa shape index (κ1) is 11.0. The summed E-state index contributed by atoms with van der Waals surface area (Å²) in [5.41, 5.74) is 0.0322. The minimum absolute atomic E-state index is 0.217. The Morgan fingerprint density at radius 1 is 1.29 bits per heavy atom. The van der Waals surface area contributed by atoms with Crippen molar-refractivity contribution in [3.63, 3.8) is 0 Å². The monoisotopic (exact) mass is 258 g/mol. The van der Waals surface area contributed by atoms with Crippen molar-refractivity contribution in [1.82, 2.24) is 0 Å². The molecular weight excluding hydrogens is 249 g/mol. The van der Waals surface area contributed by atoms with Crippen LogP contribution in [0.4, 0.5) is 18.9 Å². The average Bonchev–Trinajstić information content (AvgIpc) is 3.10. The summed E-state index contributed by atoms with van der Waals surface area (Å²) in [4.78, 5) is 2.07. The molecule has 2 nitrogen and oxygen atoms in total. The summed E-state index contributed by atoms with van der Waals surface area (Å²) >= 11 is 0.899. The van der Waals surface area contributed by atoms with Crippen LogP contribution in [0, 0.1) is 0 Å². The van der Waals surface area contributed by atoms with Crippen LogP contribution >= 0.6 is 11.9 Å². The predicted molar refractivity (Wildman–Crippen MR) is 61.3 cm³/mol. The highest BCUT2D eigenvalue weighted by atomic mass is 32.2. The maximum absolute atomic E-state index is 12.8. The Hall–Kier alpha value is -1.17. The van der Waals surface area contributed by atoms with E-state index >= 15 is 0 Å². The molecule has 1 heterocycles. The molecule has 0 bridgehead atoms. The van der Waals surface area contributed by atoms with Gasteiger partial charge in [0.1, 0.15) is 6.34 Å². The Labute approximate surface area is 101 Å². The van der Waals surface area contributed by atoms with E-state index in [2.05, 4.69) is 4.40 Å². The molecule has 0 saturated heterocycles. The minimum atomic E-state index is -4.32. The van der Waals surface area contributed by atoms with Crippen molar-refractivity contribution in [3.05, 3.63) is 23.8 Å². The lowest BCUT2D eigenvalue weighted by molar-refractivity contribution is -0.139. The van der Waals surface area contributed by atoms with E-state index in [1.165, 1.54) is 6.07 Å². The summed E-state index contributed by atoms with van der Waals surface area (Å²) in [6, 6.07) is 4.61. The molecule has 1 aromatic rings. The summed E-state index contributed by atoms with van der Waals surface area (Å²) in [6.07, 6.45) is -0.649. The molecule has 6 heteroatoms. The Bertz CT molecular complexity index is 480. The van der Waals surface area contributed by atoms with Crippen molar-refractivity contribution in [1.29, 1.82) is 0 Å². The summed E-state index contributed by atoms with van der Waals surface area (Å²) in [7, 11) is 0. The summed E-state index contributed by atoms with van der Waals surface area (Å²) in [6.45, 7) is 0. The van der Waals surface area contributed by atoms with E-state index in [1.54, 1.807) is 12.4 Å². The smallest absolute Gasteiger partial charge is 0.328 e. The lowest BCUT2D eigenvalue weighted by atomic mass is 10.1. The maximum atomic E-state index is 12.8. The molecule has 1 aliphatic heterocycles. The molecule has 90 valence electrons. The second-order valence-corrected chi connectivity index (χ2v) is 4.90. The largest absolute Gasteiger partial charge is 0.417 e. The van der Waals surface area contributed by atoms with Crippen LogP contribution in [-0.4, -0.2) is 12.4 Å². The number of benzene rings is 1. The standard InChI is InChI=1S/C11H9F3N2S/c12-11(13,14)8-2-1-3-9-10(8)17-15-6-16(9)7-4-5-7/h1-3,6-7H,4-5H2. The summed E-state index contributed by atoms with van der Waals surface area (Å²) < 4.78 is 42.5. The third-order valence-corrected chi connectivity index (χ3v) is 3.64. The number of halogens is 3. The molecule has 0 aromatic heterocycles. The van der Waals surface area contributed by atoms with E-state index in [1.807, 2.05) is 4.90 Å². The van der Waals surface area contributed by atoms with Crippen molar-refractivity contribution in [2.24, 2.45) is 4.40 Å². The molecule has 0 unspecified atom stereocenters. The molecule has 17 heavy (non-hydrogen) atoms. The van der Waals surface area contributed by atoms with Crippen LogP contribution in [0.1, 0.15) is 18.4 Å². The summed E-state index contributed by atoms with van der Waals surface area (Å²) in [5.74, 6) is 0. The zero-order valence-electron chi connectivity index (χ0n) is 8.74. The first-order valence-corrected chi connectivity index (χ1v) is 6.04. The van der Waals surface area contributed by atoms with Gasteiger partial charge in [-0.05, 0) is 25.0 Å². The minimum Gasteiger partial charge on any atom is -0.328 e. The molecular formula is C11H9F3N2S. The highest BCUT2D eigenvalue weighted by Crippen LogP contribution is 2.46. The Morgan fingerprint density at radius 2 is 2.06 bits per heavy atom. The molecule has 1 saturated carbocycles. The molecule has 0 N–H and O–H groups in total. The van der Waals surface area contributed by atoms with Gasteiger partial charge in [0.2, 0.25) is 0 Å². The fourth-order valence-electron chi connectivity index (χ4n) is 1.88. The molecule has 0 spiro atoms. The van der Waals surface area contributed by atoms with Gasteiger partial charge < -0.3 is 4.90 Å². The number of hydrogen-bond donors (Lipinski definition) is 0. The van der Waals surface area contributed by atoms with Crippen LogP contribution in [0.2, 0.25) is 0 Å². The van der Waals surface area contributed by atoms with E-state index in [0.29, 0.717) is 11.7 Å². The van der Waals surface area contributed by atoms with Crippen LogP contribution < -0.4 is 4.90 Å². The number of rotatable bonds is 1. The fraction of sp³-hybridized carbons (Fsp3) is 0.364. The number of alkyl halides is 3. The second kappa shape index (κ2) is 3.66. The molecule has 3 rings (SSSR count). The third kappa shape index (κ3) is 1.90. The van der Waals surface area contributed by atoms with Crippen LogP contribution in [-0.2, 0) is 6.18 Å². The Morgan fingerprint density at radius 3 is 2.71 bits per heavy atom. The van der Waals surface area contributed by atoms with Gasteiger partial charge in [0.15, 0.2) is 0 Å². The number of anilines is 1. The Kier molecular flexibility index (Phi) is 2.36. The summed E-state index contributed by atoms with van der Waals surface area (Å²) in [5, 5.41) is 0. The fourth-order valence-corrected chi connectivity index (χ4v) is 2.68. The highest BCUT2D eigenvalue weighted by molar-refractivity contribution is 7.98. The van der Waals surface area contributed by atoms with Gasteiger partial charge in [0, 0.05) is 18.0 Å². The molecule has 1 fully saturated rings. The molecule has 0 amide bonds. The Balaban J connectivity index is 2.09. The van der Waals surface area contributed by atoms with Crippen molar-refractivity contribution in [2.45, 2.75) is 30.0 Å². The highest BCUT2D eigenvalue weighted by Gasteiger charge is 2.38. The molecule has 0 atom stereocenters. The average molecular weight is 258 g/mol. The van der Waals surface area contributed by atoms with Crippen LogP contribution in [0.15, 0.2) is 27.5 Å². The van der Waals surface area contributed by atoms with Gasteiger partial charge in [-0.15, -0.1) is 0 Å². The van der Waals surface area contributed by atoms with E-state index in [0.717, 1.165) is 30.9 Å². The van der Waals surface area contributed by atoms with Crippen LogP contribution in [0.3, 0.4) is 0 Å². The number of hydrogen-bond acceptors (Lipinski definition) is 3. The molecule has 1 aliphatic carbocycles.